The summed E-state index contributed by atoms with van der Waals surface area (Å²) in [6, 6.07) is 1.57. The summed E-state index contributed by atoms with van der Waals surface area (Å²) in [5, 5.41) is 10.1. The molecule has 0 aromatic rings. The normalized spacial score (nSPS) is 32.5. The van der Waals surface area contributed by atoms with Crippen LogP contribution in [0.15, 0.2) is 0 Å². The van der Waals surface area contributed by atoms with E-state index in [-0.39, 0.29) is 11.5 Å². The van der Waals surface area contributed by atoms with Gasteiger partial charge in [-0.2, -0.15) is 0 Å². The average molecular weight is 254 g/mol. The molecule has 2 aliphatic heterocycles. The highest BCUT2D eigenvalue weighted by molar-refractivity contribution is 4.91. The number of fused-ring (bicyclic) bond motifs is 2. The van der Waals surface area contributed by atoms with Gasteiger partial charge < -0.3 is 10.0 Å². The smallest absolute Gasteiger partial charge is 0.0600 e. The second-order valence-electron chi connectivity index (χ2n) is 7.31. The van der Waals surface area contributed by atoms with E-state index in [0.717, 1.165) is 25.0 Å². The minimum absolute atomic E-state index is 0.0155. The molecule has 3 heteroatoms. The first-order valence-electron chi connectivity index (χ1n) is 7.50. The van der Waals surface area contributed by atoms with Crippen LogP contribution in [0.4, 0.5) is 0 Å². The number of hydrogen-bond donors (Lipinski definition) is 1. The Hall–Kier alpha value is -0.120. The highest BCUT2D eigenvalue weighted by Crippen LogP contribution is 2.29. The van der Waals surface area contributed by atoms with Crippen molar-refractivity contribution in [2.75, 3.05) is 26.7 Å². The fraction of sp³-hybridized carbons (Fsp3) is 1.00. The van der Waals surface area contributed by atoms with Gasteiger partial charge in [0.1, 0.15) is 0 Å². The lowest BCUT2D eigenvalue weighted by Crippen LogP contribution is -2.38. The van der Waals surface area contributed by atoms with Crippen molar-refractivity contribution in [1.29, 1.82) is 0 Å². The molecule has 3 atom stereocenters. The fourth-order valence-electron chi connectivity index (χ4n) is 3.32. The van der Waals surface area contributed by atoms with E-state index in [0.29, 0.717) is 0 Å². The monoisotopic (exact) mass is 254 g/mol. The Labute approximate surface area is 112 Å². The SMILES string of the molecule is CN1C2CCC1CN(CCC(O)C(C)(C)C)CC2. The predicted molar refractivity (Wildman–Crippen MR) is 75.7 cm³/mol. The first kappa shape index (κ1) is 14.3. The number of likely N-dealkylation sites (N-methyl/N-ethyl adjacent to an activating group) is 1. The molecule has 18 heavy (non-hydrogen) atoms. The van der Waals surface area contributed by atoms with Gasteiger partial charge in [0.2, 0.25) is 0 Å². The van der Waals surface area contributed by atoms with Gasteiger partial charge in [-0.3, -0.25) is 4.90 Å². The van der Waals surface area contributed by atoms with Gasteiger partial charge >= 0.3 is 0 Å². The highest BCUT2D eigenvalue weighted by Gasteiger charge is 2.34. The molecule has 2 aliphatic rings. The Morgan fingerprint density at radius 1 is 1.17 bits per heavy atom. The van der Waals surface area contributed by atoms with E-state index in [2.05, 4.69) is 37.6 Å². The fourth-order valence-corrected chi connectivity index (χ4v) is 3.32. The molecule has 1 N–H and O–H groups in total. The van der Waals surface area contributed by atoms with E-state index in [1.54, 1.807) is 0 Å². The first-order valence-corrected chi connectivity index (χ1v) is 7.50. The number of rotatable bonds is 3. The summed E-state index contributed by atoms with van der Waals surface area (Å²) in [5.41, 5.74) is 0.0155. The lowest BCUT2D eigenvalue weighted by molar-refractivity contribution is 0.0447. The quantitative estimate of drug-likeness (QED) is 0.834. The number of hydrogen-bond acceptors (Lipinski definition) is 3. The summed E-state index contributed by atoms with van der Waals surface area (Å²) in [5.74, 6) is 0. The number of likely N-dealkylation sites (tertiary alicyclic amines) is 1. The molecule has 0 amide bonds. The summed E-state index contributed by atoms with van der Waals surface area (Å²) in [7, 11) is 2.29. The second kappa shape index (κ2) is 5.48. The maximum atomic E-state index is 10.1. The Morgan fingerprint density at radius 3 is 2.50 bits per heavy atom. The van der Waals surface area contributed by atoms with E-state index in [1.165, 1.54) is 32.4 Å². The molecule has 0 radical (unpaired) electrons. The number of aliphatic hydroxyl groups excluding tert-OH is 1. The zero-order valence-corrected chi connectivity index (χ0v) is 12.5. The molecule has 2 bridgehead atoms. The molecule has 0 saturated carbocycles. The molecular weight excluding hydrogens is 224 g/mol. The lowest BCUT2D eigenvalue weighted by Gasteiger charge is -2.30. The minimum Gasteiger partial charge on any atom is -0.393 e. The van der Waals surface area contributed by atoms with Gasteiger partial charge in [-0.1, -0.05) is 20.8 Å². The highest BCUT2D eigenvalue weighted by atomic mass is 16.3. The third-order valence-electron chi connectivity index (χ3n) is 4.95. The minimum atomic E-state index is -0.185. The number of aliphatic hydroxyl groups is 1. The largest absolute Gasteiger partial charge is 0.393 e. The van der Waals surface area contributed by atoms with Gasteiger partial charge in [0.15, 0.2) is 0 Å². The van der Waals surface area contributed by atoms with Gasteiger partial charge in [0.05, 0.1) is 6.10 Å². The van der Waals surface area contributed by atoms with E-state index in [4.69, 9.17) is 0 Å². The van der Waals surface area contributed by atoms with Crippen LogP contribution in [0, 0.1) is 5.41 Å². The predicted octanol–water partition coefficient (Wildman–Crippen LogP) is 1.95. The van der Waals surface area contributed by atoms with Gasteiger partial charge in [0.25, 0.3) is 0 Å². The van der Waals surface area contributed by atoms with Crippen LogP contribution in [-0.4, -0.2) is 59.8 Å². The maximum Gasteiger partial charge on any atom is 0.0600 e. The molecule has 2 heterocycles. The van der Waals surface area contributed by atoms with Crippen molar-refractivity contribution in [3.05, 3.63) is 0 Å². The maximum absolute atomic E-state index is 10.1. The zero-order chi connectivity index (χ0) is 13.3. The molecule has 2 saturated heterocycles. The molecule has 2 fully saturated rings. The number of nitrogens with zero attached hydrogens (tertiary/aromatic N) is 2. The molecule has 0 spiro atoms. The zero-order valence-electron chi connectivity index (χ0n) is 12.5. The van der Waals surface area contributed by atoms with Gasteiger partial charge in [-0.25, -0.2) is 0 Å². The van der Waals surface area contributed by atoms with Crippen LogP contribution < -0.4 is 0 Å². The molecule has 0 aliphatic carbocycles. The topological polar surface area (TPSA) is 26.7 Å². The van der Waals surface area contributed by atoms with Crippen LogP contribution in [-0.2, 0) is 0 Å². The Bertz CT molecular complexity index is 274. The van der Waals surface area contributed by atoms with E-state index in [1.807, 2.05) is 0 Å². The molecule has 3 nitrogen and oxygen atoms in total. The molecule has 106 valence electrons. The molecule has 3 unspecified atom stereocenters. The van der Waals surface area contributed by atoms with Crippen molar-refractivity contribution in [2.24, 2.45) is 5.41 Å². The van der Waals surface area contributed by atoms with Crippen LogP contribution >= 0.6 is 0 Å². The van der Waals surface area contributed by atoms with Crippen molar-refractivity contribution in [1.82, 2.24) is 9.80 Å². The Morgan fingerprint density at radius 2 is 1.83 bits per heavy atom. The van der Waals surface area contributed by atoms with Crippen molar-refractivity contribution in [3.8, 4) is 0 Å². The van der Waals surface area contributed by atoms with Gasteiger partial charge in [-0.15, -0.1) is 0 Å². The van der Waals surface area contributed by atoms with Gasteiger partial charge in [0, 0.05) is 25.2 Å². The summed E-state index contributed by atoms with van der Waals surface area (Å²) in [4.78, 5) is 5.15. The van der Waals surface area contributed by atoms with E-state index >= 15 is 0 Å². The summed E-state index contributed by atoms with van der Waals surface area (Å²) < 4.78 is 0. The van der Waals surface area contributed by atoms with Crippen molar-refractivity contribution in [3.63, 3.8) is 0 Å². The summed E-state index contributed by atoms with van der Waals surface area (Å²) in [6.07, 6.45) is 4.78. The first-order chi connectivity index (χ1) is 8.38. The summed E-state index contributed by atoms with van der Waals surface area (Å²) in [6.45, 7) is 9.82. The van der Waals surface area contributed by atoms with Crippen LogP contribution in [0.1, 0.15) is 46.5 Å². The third-order valence-corrected chi connectivity index (χ3v) is 4.95. The van der Waals surface area contributed by atoms with Crippen LogP contribution in [0.2, 0.25) is 0 Å². The molecule has 2 rings (SSSR count). The van der Waals surface area contributed by atoms with Crippen molar-refractivity contribution in [2.45, 2.75) is 64.6 Å². The van der Waals surface area contributed by atoms with Crippen LogP contribution in [0.3, 0.4) is 0 Å². The standard InChI is InChI=1S/C15H30N2O/c1-15(2,3)14(18)8-10-17-9-7-12-5-6-13(11-17)16(12)4/h12-14,18H,5-11H2,1-4H3. The van der Waals surface area contributed by atoms with E-state index < -0.39 is 0 Å². The van der Waals surface area contributed by atoms with Crippen molar-refractivity contribution < 1.29 is 5.11 Å². The molecule has 0 aromatic heterocycles. The van der Waals surface area contributed by atoms with E-state index in [9.17, 15) is 5.11 Å². The molecular formula is C15H30N2O. The van der Waals surface area contributed by atoms with Crippen molar-refractivity contribution >= 4 is 0 Å². The van der Waals surface area contributed by atoms with Crippen LogP contribution in [0.25, 0.3) is 0 Å². The Balaban J connectivity index is 1.81. The molecule has 0 aromatic carbocycles. The third kappa shape index (κ3) is 3.25. The lowest BCUT2D eigenvalue weighted by atomic mass is 9.87. The average Bonchev–Trinajstić information content (AvgIpc) is 2.50. The summed E-state index contributed by atoms with van der Waals surface area (Å²) >= 11 is 0. The second-order valence-corrected chi connectivity index (χ2v) is 7.31. The van der Waals surface area contributed by atoms with Crippen LogP contribution in [0.5, 0.6) is 0 Å². The Kier molecular flexibility index (Phi) is 4.35. The van der Waals surface area contributed by atoms with Gasteiger partial charge in [-0.05, 0) is 44.7 Å².